The van der Waals surface area contributed by atoms with Gasteiger partial charge in [0, 0.05) is 18.5 Å². The van der Waals surface area contributed by atoms with Gasteiger partial charge in [-0.25, -0.2) is 0 Å². The topological polar surface area (TPSA) is 29.9 Å². The summed E-state index contributed by atoms with van der Waals surface area (Å²) in [6, 6.07) is 0.620. The van der Waals surface area contributed by atoms with Crippen molar-refractivity contribution in [2.24, 2.45) is 0 Å². The van der Waals surface area contributed by atoms with E-state index in [2.05, 4.69) is 40.0 Å². The van der Waals surface area contributed by atoms with Crippen molar-refractivity contribution in [3.8, 4) is 0 Å². The molecule has 2 heterocycles. The van der Waals surface area contributed by atoms with Crippen LogP contribution in [0.2, 0.25) is 0 Å². The van der Waals surface area contributed by atoms with E-state index >= 15 is 0 Å². The summed E-state index contributed by atoms with van der Waals surface area (Å²) < 4.78 is 2.17. The van der Waals surface area contributed by atoms with Gasteiger partial charge >= 0.3 is 0 Å². The van der Waals surface area contributed by atoms with Gasteiger partial charge in [-0.15, -0.1) is 0 Å². The molecule has 1 N–H and O–H groups in total. The van der Waals surface area contributed by atoms with Gasteiger partial charge in [-0.2, -0.15) is 16.9 Å². The predicted molar refractivity (Wildman–Crippen MR) is 70.2 cm³/mol. The van der Waals surface area contributed by atoms with Gasteiger partial charge in [0.1, 0.15) is 0 Å². The molecule has 1 saturated heterocycles. The molecule has 4 heteroatoms. The molecule has 0 radical (unpaired) electrons. The monoisotopic (exact) mass is 239 g/mol. The SMILES string of the molecule is CNCC(C)c1cnn(C2CCCSC2)c1. The number of thioether (sulfide) groups is 1. The van der Waals surface area contributed by atoms with Crippen LogP contribution in [0.15, 0.2) is 12.4 Å². The Morgan fingerprint density at radius 2 is 2.56 bits per heavy atom. The highest BCUT2D eigenvalue weighted by Crippen LogP contribution is 2.27. The van der Waals surface area contributed by atoms with Crippen molar-refractivity contribution in [1.29, 1.82) is 0 Å². The number of hydrogen-bond donors (Lipinski definition) is 1. The van der Waals surface area contributed by atoms with Crippen LogP contribution in [-0.2, 0) is 0 Å². The highest BCUT2D eigenvalue weighted by atomic mass is 32.2. The number of aromatic nitrogens is 2. The standard InChI is InChI=1S/C12H21N3S/c1-10(6-13-2)11-7-14-15(8-11)12-4-3-5-16-9-12/h7-8,10,12-13H,3-6,9H2,1-2H3. The van der Waals surface area contributed by atoms with Crippen LogP contribution in [0.3, 0.4) is 0 Å². The molecule has 0 aromatic carbocycles. The Kier molecular flexibility index (Phi) is 4.29. The van der Waals surface area contributed by atoms with Crippen LogP contribution in [-0.4, -0.2) is 34.9 Å². The molecule has 0 bridgehead atoms. The molecule has 1 fully saturated rings. The molecule has 0 aliphatic carbocycles. The van der Waals surface area contributed by atoms with E-state index in [1.54, 1.807) is 0 Å². The van der Waals surface area contributed by atoms with E-state index in [9.17, 15) is 0 Å². The van der Waals surface area contributed by atoms with E-state index in [-0.39, 0.29) is 0 Å². The van der Waals surface area contributed by atoms with Gasteiger partial charge in [-0.3, -0.25) is 4.68 Å². The summed E-state index contributed by atoms with van der Waals surface area (Å²) in [6.07, 6.45) is 6.88. The maximum Gasteiger partial charge on any atom is 0.0609 e. The van der Waals surface area contributed by atoms with Crippen molar-refractivity contribution in [3.05, 3.63) is 18.0 Å². The lowest BCUT2D eigenvalue weighted by molar-refractivity contribution is 0.454. The third kappa shape index (κ3) is 2.80. The van der Waals surface area contributed by atoms with Crippen molar-refractivity contribution < 1.29 is 0 Å². The predicted octanol–water partition coefficient (Wildman–Crippen LogP) is 2.27. The highest BCUT2D eigenvalue weighted by molar-refractivity contribution is 7.99. The molecule has 0 saturated carbocycles. The molecular weight excluding hydrogens is 218 g/mol. The third-order valence-corrected chi connectivity index (χ3v) is 4.41. The summed E-state index contributed by atoms with van der Waals surface area (Å²) in [6.45, 7) is 3.26. The normalized spacial score (nSPS) is 23.2. The van der Waals surface area contributed by atoms with Crippen molar-refractivity contribution in [1.82, 2.24) is 15.1 Å². The second-order valence-electron chi connectivity index (χ2n) is 4.58. The molecule has 0 amide bonds. The second kappa shape index (κ2) is 5.73. The number of hydrogen-bond acceptors (Lipinski definition) is 3. The van der Waals surface area contributed by atoms with E-state index in [1.165, 1.54) is 29.9 Å². The molecule has 3 nitrogen and oxygen atoms in total. The summed E-state index contributed by atoms with van der Waals surface area (Å²) in [4.78, 5) is 0. The summed E-state index contributed by atoms with van der Waals surface area (Å²) in [5.41, 5.74) is 1.35. The molecular formula is C12H21N3S. The third-order valence-electron chi connectivity index (χ3n) is 3.21. The van der Waals surface area contributed by atoms with Crippen LogP contribution in [0.25, 0.3) is 0 Å². The first-order chi connectivity index (χ1) is 7.81. The van der Waals surface area contributed by atoms with Gasteiger partial charge in [0.15, 0.2) is 0 Å². The molecule has 1 aromatic rings. The Labute approximate surface area is 102 Å². The number of rotatable bonds is 4. The van der Waals surface area contributed by atoms with E-state index in [0.717, 1.165) is 6.54 Å². The van der Waals surface area contributed by atoms with Crippen LogP contribution in [0.5, 0.6) is 0 Å². The van der Waals surface area contributed by atoms with Crippen molar-refractivity contribution in [2.75, 3.05) is 25.1 Å². The minimum absolute atomic E-state index is 0.551. The van der Waals surface area contributed by atoms with Crippen molar-refractivity contribution in [3.63, 3.8) is 0 Å². The van der Waals surface area contributed by atoms with E-state index in [4.69, 9.17) is 0 Å². The maximum absolute atomic E-state index is 4.52. The molecule has 1 aliphatic heterocycles. The average Bonchev–Trinajstić information content (AvgIpc) is 2.80. The number of likely N-dealkylation sites (N-methyl/N-ethyl adjacent to an activating group) is 1. The van der Waals surface area contributed by atoms with Crippen molar-refractivity contribution >= 4 is 11.8 Å². The average molecular weight is 239 g/mol. The lowest BCUT2D eigenvalue weighted by Crippen LogP contribution is -2.17. The first-order valence-electron chi connectivity index (χ1n) is 6.07. The fraction of sp³-hybridized carbons (Fsp3) is 0.750. The number of nitrogens with one attached hydrogen (secondary N) is 1. The lowest BCUT2D eigenvalue weighted by atomic mass is 10.1. The molecule has 90 valence electrons. The Balaban J connectivity index is 2.00. The van der Waals surface area contributed by atoms with E-state index < -0.39 is 0 Å². The van der Waals surface area contributed by atoms with Crippen LogP contribution in [0, 0.1) is 0 Å². The largest absolute Gasteiger partial charge is 0.319 e. The minimum atomic E-state index is 0.551. The molecule has 2 atom stereocenters. The summed E-state index contributed by atoms with van der Waals surface area (Å²) >= 11 is 2.05. The van der Waals surface area contributed by atoms with Gasteiger partial charge < -0.3 is 5.32 Å². The van der Waals surface area contributed by atoms with Crippen LogP contribution >= 0.6 is 11.8 Å². The molecule has 0 spiro atoms. The summed E-state index contributed by atoms with van der Waals surface area (Å²) in [5.74, 6) is 3.09. The van der Waals surface area contributed by atoms with Crippen LogP contribution < -0.4 is 5.32 Å². The van der Waals surface area contributed by atoms with Gasteiger partial charge in [0.2, 0.25) is 0 Å². The van der Waals surface area contributed by atoms with Crippen LogP contribution in [0.4, 0.5) is 0 Å². The zero-order valence-electron chi connectivity index (χ0n) is 10.1. The Bertz CT molecular complexity index is 318. The summed E-state index contributed by atoms with van der Waals surface area (Å²) in [5, 5.41) is 7.73. The van der Waals surface area contributed by atoms with Gasteiger partial charge in [-0.05, 0) is 37.1 Å². The maximum atomic E-state index is 4.52. The molecule has 2 unspecified atom stereocenters. The first kappa shape index (κ1) is 12.0. The smallest absolute Gasteiger partial charge is 0.0609 e. The molecule has 1 aromatic heterocycles. The lowest BCUT2D eigenvalue weighted by Gasteiger charge is -2.21. The van der Waals surface area contributed by atoms with E-state index in [0.29, 0.717) is 12.0 Å². The van der Waals surface area contributed by atoms with Crippen molar-refractivity contribution in [2.45, 2.75) is 31.7 Å². The highest BCUT2D eigenvalue weighted by Gasteiger charge is 2.17. The van der Waals surface area contributed by atoms with Crippen LogP contribution in [0.1, 0.15) is 37.3 Å². The molecule has 1 aliphatic rings. The second-order valence-corrected chi connectivity index (χ2v) is 5.73. The van der Waals surface area contributed by atoms with Gasteiger partial charge in [0.05, 0.1) is 12.2 Å². The van der Waals surface area contributed by atoms with E-state index in [1.807, 2.05) is 13.2 Å². The zero-order chi connectivity index (χ0) is 11.4. The zero-order valence-corrected chi connectivity index (χ0v) is 11.0. The van der Waals surface area contributed by atoms with Gasteiger partial charge in [0.25, 0.3) is 0 Å². The molecule has 16 heavy (non-hydrogen) atoms. The number of nitrogens with zero attached hydrogens (tertiary/aromatic N) is 2. The fourth-order valence-electron chi connectivity index (χ4n) is 2.16. The fourth-order valence-corrected chi connectivity index (χ4v) is 3.29. The quantitative estimate of drug-likeness (QED) is 0.874. The minimum Gasteiger partial charge on any atom is -0.319 e. The first-order valence-corrected chi connectivity index (χ1v) is 7.23. The Hall–Kier alpha value is -0.480. The summed E-state index contributed by atoms with van der Waals surface area (Å²) in [7, 11) is 2.00. The van der Waals surface area contributed by atoms with Gasteiger partial charge in [-0.1, -0.05) is 6.92 Å². The Morgan fingerprint density at radius 1 is 1.69 bits per heavy atom. The Morgan fingerprint density at radius 3 is 3.25 bits per heavy atom. The molecule has 2 rings (SSSR count).